The molecule has 7 fully saturated rings. The molecular weight excluding hydrogens is 1000 g/mol. The van der Waals surface area contributed by atoms with E-state index in [0.717, 1.165) is 5.57 Å². The van der Waals surface area contributed by atoms with Gasteiger partial charge in [-0.05, 0) is 78.9 Å². The number of hydrogen-bond acceptors (Lipinski definition) is 22. The fourth-order valence-corrected chi connectivity index (χ4v) is 16.0. The van der Waals surface area contributed by atoms with Gasteiger partial charge in [0.25, 0.3) is 0 Å². The van der Waals surface area contributed by atoms with Gasteiger partial charge in [-0.1, -0.05) is 74.0 Å². The molecule has 22 heteroatoms. The van der Waals surface area contributed by atoms with Gasteiger partial charge in [0.1, 0.15) is 73.2 Å². The van der Waals surface area contributed by atoms with Crippen LogP contribution in [0.3, 0.4) is 0 Å². The van der Waals surface area contributed by atoms with Crippen molar-refractivity contribution in [3.05, 3.63) is 11.6 Å². The standard InChI is InChI=1S/C54H88O22/c1-11-23(2)45(68)76-43-44(71-24(3)57)54(22-56)26(18-49(43,4)5)25-12-13-31-51(8)16-15-32(50(6,7)30(51)14-17-52(31,9)53(25,10)41(66)42(54)67)74-48-40(75-47-39(65)36(62)34(60)28(19-55)72-47)37(63)35(61)29(73-48)21-70-46-38(64)33(59)27(58)20-69-46/h12,23,26-44,46-48,55-56,58-67H,11,13-22H2,1-10H3/t23-,26-,27-,28+,29+,30-,31+,32-,33-,34+,35+,36-,37-,38+,39+,40+,41-,42+,43-,44-,46-,47-,48-,51-,52+,53-,54-/m0/s1. The first-order chi connectivity index (χ1) is 35.4. The van der Waals surface area contributed by atoms with Crippen molar-refractivity contribution >= 4 is 11.9 Å². The van der Waals surface area contributed by atoms with Crippen molar-refractivity contribution in [3.63, 3.8) is 0 Å². The summed E-state index contributed by atoms with van der Waals surface area (Å²) in [6.45, 7) is 17.0. The predicted octanol–water partition coefficient (Wildman–Crippen LogP) is -0.696. The predicted molar refractivity (Wildman–Crippen MR) is 262 cm³/mol. The Bertz CT molecular complexity index is 2110. The van der Waals surface area contributed by atoms with Crippen molar-refractivity contribution in [1.29, 1.82) is 0 Å². The van der Waals surface area contributed by atoms with Crippen LogP contribution in [0.15, 0.2) is 11.6 Å². The molecule has 3 aliphatic heterocycles. The largest absolute Gasteiger partial charge is 0.458 e. The summed E-state index contributed by atoms with van der Waals surface area (Å²) in [6, 6.07) is 0. The Labute approximate surface area is 444 Å². The second-order valence-corrected chi connectivity index (χ2v) is 25.7. The molecule has 5 aliphatic carbocycles. The molecule has 8 rings (SSSR count). The van der Waals surface area contributed by atoms with Crippen LogP contribution in [-0.2, 0) is 47.5 Å². The Balaban J connectivity index is 1.09. The number of aliphatic hydroxyl groups is 12. The van der Waals surface area contributed by atoms with E-state index in [2.05, 4.69) is 33.8 Å². The van der Waals surface area contributed by atoms with Crippen LogP contribution >= 0.6 is 0 Å². The molecular formula is C54H88O22. The second-order valence-electron chi connectivity index (χ2n) is 25.7. The number of carbonyl (C=O) groups excluding carboxylic acids is 2. The maximum atomic E-state index is 13.5. The highest BCUT2D eigenvalue weighted by Gasteiger charge is 2.76. The molecule has 76 heavy (non-hydrogen) atoms. The Morgan fingerprint density at radius 3 is 2.00 bits per heavy atom. The SMILES string of the molecule is CC[C@H](C)C(=O)O[C@H]1[C@H](OC(C)=O)[C@]2(CO)[C@H](O)[C@H](O)[C@]3(C)C(=CC[C@@H]4[C@@]5(C)CC[C@H](O[C@@H]6O[C@H](CO[C@@H]7OC[C@H](O)[C@H](O)[C@H]7O)[C@@H](O)[C@H](O)[C@H]6O[C@@H]6O[C@H](CO)[C@@H](O)[C@H](O)[C@H]6O)C(C)(C)[C@@H]5CC[C@]43C)[C@@H]2CC1(C)C. The van der Waals surface area contributed by atoms with Gasteiger partial charge in [-0.25, -0.2) is 0 Å². The maximum Gasteiger partial charge on any atom is 0.309 e. The van der Waals surface area contributed by atoms with Crippen molar-refractivity contribution in [1.82, 2.24) is 0 Å². The lowest BCUT2D eigenvalue weighted by Crippen LogP contribution is -2.76. The van der Waals surface area contributed by atoms with Gasteiger partial charge in [0.05, 0.1) is 56.1 Å². The molecule has 0 aromatic rings. The van der Waals surface area contributed by atoms with E-state index in [9.17, 15) is 70.9 Å². The van der Waals surface area contributed by atoms with E-state index in [-0.39, 0.29) is 18.4 Å². The number of rotatable bonds is 13. The Morgan fingerprint density at radius 2 is 1.37 bits per heavy atom. The summed E-state index contributed by atoms with van der Waals surface area (Å²) >= 11 is 0. The molecule has 0 aromatic carbocycles. The topological polar surface area (TPSA) is 351 Å². The molecule has 4 saturated carbocycles. The average Bonchev–Trinajstić information content (AvgIpc) is 3.36. The Hall–Kier alpha value is -2.04. The summed E-state index contributed by atoms with van der Waals surface area (Å²) in [5.74, 6) is -2.38. The third kappa shape index (κ3) is 9.44. The first-order valence-electron chi connectivity index (χ1n) is 27.4. The van der Waals surface area contributed by atoms with Gasteiger partial charge in [0.2, 0.25) is 0 Å². The number of aliphatic hydroxyl groups excluding tert-OH is 12. The number of hydrogen-bond donors (Lipinski definition) is 12. The van der Waals surface area contributed by atoms with E-state index >= 15 is 0 Å². The minimum Gasteiger partial charge on any atom is -0.458 e. The van der Waals surface area contributed by atoms with Gasteiger partial charge in [0, 0.05) is 17.8 Å². The van der Waals surface area contributed by atoms with E-state index in [4.69, 9.17) is 37.9 Å². The van der Waals surface area contributed by atoms with Gasteiger partial charge >= 0.3 is 11.9 Å². The third-order valence-corrected chi connectivity index (χ3v) is 20.9. The molecule has 0 aromatic heterocycles. The van der Waals surface area contributed by atoms with Crippen molar-refractivity contribution in [2.45, 2.75) is 231 Å². The number of allylic oxidation sites excluding steroid dienone is 1. The van der Waals surface area contributed by atoms with Gasteiger partial charge in [-0.2, -0.15) is 0 Å². The fourth-order valence-electron chi connectivity index (χ4n) is 16.0. The monoisotopic (exact) mass is 1090 g/mol. The molecule has 0 bridgehead atoms. The summed E-state index contributed by atoms with van der Waals surface area (Å²) in [5.41, 5.74) is -4.40. The molecule has 3 saturated heterocycles. The minimum absolute atomic E-state index is 0.0600. The zero-order valence-corrected chi connectivity index (χ0v) is 45.6. The zero-order chi connectivity index (χ0) is 56.2. The van der Waals surface area contributed by atoms with Gasteiger partial charge in [-0.15, -0.1) is 0 Å². The second kappa shape index (κ2) is 21.7. The third-order valence-electron chi connectivity index (χ3n) is 20.9. The van der Waals surface area contributed by atoms with Crippen LogP contribution < -0.4 is 0 Å². The van der Waals surface area contributed by atoms with Crippen LogP contribution in [-0.4, -0.2) is 216 Å². The van der Waals surface area contributed by atoms with E-state index < -0.39 is 193 Å². The summed E-state index contributed by atoms with van der Waals surface area (Å²) in [4.78, 5) is 26.5. The van der Waals surface area contributed by atoms with Crippen LogP contribution in [0.25, 0.3) is 0 Å². The fraction of sp³-hybridized carbons (Fsp3) is 0.926. The summed E-state index contributed by atoms with van der Waals surface area (Å²) in [5, 5.41) is 134. The number of esters is 2. The number of fused-ring (bicyclic) bond motifs is 7. The van der Waals surface area contributed by atoms with E-state index in [1.165, 1.54) is 6.92 Å². The average molecular weight is 1090 g/mol. The highest BCUT2D eigenvalue weighted by Crippen LogP contribution is 2.76. The lowest BCUT2D eigenvalue weighted by Gasteiger charge is -2.73. The van der Waals surface area contributed by atoms with E-state index in [1.54, 1.807) is 6.92 Å². The van der Waals surface area contributed by atoms with Crippen LogP contribution in [0.2, 0.25) is 0 Å². The van der Waals surface area contributed by atoms with Crippen molar-refractivity contribution in [3.8, 4) is 0 Å². The Morgan fingerprint density at radius 1 is 0.724 bits per heavy atom. The van der Waals surface area contributed by atoms with Crippen LogP contribution in [0, 0.1) is 56.2 Å². The molecule has 27 atom stereocenters. The highest BCUT2D eigenvalue weighted by atomic mass is 16.8. The molecule has 0 amide bonds. The molecule has 0 radical (unpaired) electrons. The smallest absolute Gasteiger partial charge is 0.309 e. The highest BCUT2D eigenvalue weighted by molar-refractivity contribution is 5.72. The molecule has 0 unspecified atom stereocenters. The minimum atomic E-state index is -1.88. The first-order valence-corrected chi connectivity index (χ1v) is 27.4. The van der Waals surface area contributed by atoms with Crippen molar-refractivity contribution < 1.29 is 109 Å². The summed E-state index contributed by atoms with van der Waals surface area (Å²) < 4.78 is 48.5. The lowest BCUT2D eigenvalue weighted by atomic mass is 9.32. The molecule has 3 heterocycles. The van der Waals surface area contributed by atoms with Gasteiger partial charge in [-0.3, -0.25) is 9.59 Å². The van der Waals surface area contributed by atoms with Crippen molar-refractivity contribution in [2.75, 3.05) is 26.4 Å². The Kier molecular flexibility index (Phi) is 17.1. The normalized spacial score (nSPS) is 51.2. The molecule has 12 N–H and O–H groups in total. The van der Waals surface area contributed by atoms with Gasteiger partial charge in [0.15, 0.2) is 25.0 Å². The van der Waals surface area contributed by atoms with Gasteiger partial charge < -0.3 is 99.2 Å². The molecule has 22 nitrogen and oxygen atoms in total. The van der Waals surface area contributed by atoms with Crippen LogP contribution in [0.1, 0.15) is 114 Å². The number of carbonyl (C=O) groups is 2. The quantitative estimate of drug-likeness (QED) is 0.0617. The van der Waals surface area contributed by atoms with E-state index in [0.29, 0.717) is 44.9 Å². The maximum absolute atomic E-state index is 13.5. The summed E-state index contributed by atoms with van der Waals surface area (Å²) in [7, 11) is 0. The molecule has 0 spiro atoms. The molecule has 8 aliphatic rings. The van der Waals surface area contributed by atoms with Crippen LogP contribution in [0.4, 0.5) is 0 Å². The molecule has 436 valence electrons. The summed E-state index contributed by atoms with van der Waals surface area (Å²) in [6.07, 6.45) is -23.1. The number of ether oxygens (including phenoxy) is 8. The van der Waals surface area contributed by atoms with Crippen molar-refractivity contribution in [2.24, 2.45) is 56.2 Å². The lowest BCUT2D eigenvalue weighted by molar-refractivity contribution is -0.381. The zero-order valence-electron chi connectivity index (χ0n) is 45.6. The van der Waals surface area contributed by atoms with Crippen LogP contribution in [0.5, 0.6) is 0 Å². The first kappa shape index (κ1) is 60.1. The van der Waals surface area contributed by atoms with E-state index in [1.807, 2.05) is 27.7 Å².